The van der Waals surface area contributed by atoms with Gasteiger partial charge in [0.05, 0.1) is 0 Å². The van der Waals surface area contributed by atoms with Crippen molar-refractivity contribution in [2.45, 2.75) is 51.5 Å². The van der Waals surface area contributed by atoms with Crippen molar-refractivity contribution in [3.8, 4) is 0 Å². The van der Waals surface area contributed by atoms with Crippen LogP contribution in [0.25, 0.3) is 0 Å². The Morgan fingerprint density at radius 2 is 2.20 bits per heavy atom. The highest BCUT2D eigenvalue weighted by atomic mass is 32.1. The van der Waals surface area contributed by atoms with Crippen LogP contribution in [0.3, 0.4) is 0 Å². The minimum atomic E-state index is 0.631. The van der Waals surface area contributed by atoms with E-state index in [1.54, 1.807) is 6.33 Å². The second-order valence-corrected chi connectivity index (χ2v) is 5.18. The Morgan fingerprint density at radius 3 is 2.80 bits per heavy atom. The minimum Gasteiger partial charge on any atom is -0.358 e. The summed E-state index contributed by atoms with van der Waals surface area (Å²) in [4.78, 5) is 4.16. The second-order valence-electron chi connectivity index (χ2n) is 4.40. The average Bonchev–Trinajstić information content (AvgIpc) is 2.74. The van der Waals surface area contributed by atoms with Crippen LogP contribution in [0.4, 0.5) is 5.13 Å². The van der Waals surface area contributed by atoms with E-state index >= 15 is 0 Å². The average molecular weight is 225 g/mol. The quantitative estimate of drug-likeness (QED) is 0.854. The molecule has 1 fully saturated rings. The molecule has 1 N–H and O–H groups in total. The van der Waals surface area contributed by atoms with E-state index < -0.39 is 0 Å². The molecule has 1 aliphatic carbocycles. The molecule has 0 saturated heterocycles. The lowest BCUT2D eigenvalue weighted by Crippen LogP contribution is -2.25. The van der Waals surface area contributed by atoms with Crippen molar-refractivity contribution in [3.05, 3.63) is 6.33 Å². The molecule has 1 aromatic rings. The summed E-state index contributed by atoms with van der Waals surface area (Å²) in [6, 6.07) is 0.631. The van der Waals surface area contributed by atoms with Crippen LogP contribution < -0.4 is 5.32 Å². The van der Waals surface area contributed by atoms with E-state index in [2.05, 4.69) is 21.6 Å². The molecular formula is C11H19N3S. The summed E-state index contributed by atoms with van der Waals surface area (Å²) in [6.45, 7) is 2.28. The summed E-state index contributed by atoms with van der Waals surface area (Å²) in [7, 11) is 0. The van der Waals surface area contributed by atoms with Crippen molar-refractivity contribution in [2.24, 2.45) is 5.92 Å². The van der Waals surface area contributed by atoms with E-state index in [0.717, 1.165) is 11.0 Å². The second kappa shape index (κ2) is 5.45. The zero-order valence-corrected chi connectivity index (χ0v) is 10.1. The van der Waals surface area contributed by atoms with Crippen LogP contribution >= 0.6 is 11.5 Å². The first kappa shape index (κ1) is 10.9. The maximum absolute atomic E-state index is 4.16. The van der Waals surface area contributed by atoms with Gasteiger partial charge in [-0.15, -0.1) is 0 Å². The first-order valence-corrected chi connectivity index (χ1v) is 6.69. The standard InChI is InChI=1S/C11H19N3S/c1-2-3-9-4-6-10(7-5-9)14-11-12-8-13-15-11/h8-10H,2-7H2,1H3,(H,12,13,14). The largest absolute Gasteiger partial charge is 0.358 e. The van der Waals surface area contributed by atoms with Gasteiger partial charge in [0.25, 0.3) is 0 Å². The van der Waals surface area contributed by atoms with Gasteiger partial charge in [0, 0.05) is 17.6 Å². The molecule has 15 heavy (non-hydrogen) atoms. The number of aromatic nitrogens is 2. The SMILES string of the molecule is CCCC1CCC(Nc2ncns2)CC1. The highest BCUT2D eigenvalue weighted by molar-refractivity contribution is 7.09. The Balaban J connectivity index is 1.74. The Bertz CT molecular complexity index is 265. The third kappa shape index (κ3) is 3.16. The fraction of sp³-hybridized carbons (Fsp3) is 0.818. The summed E-state index contributed by atoms with van der Waals surface area (Å²) in [5.74, 6) is 0.975. The van der Waals surface area contributed by atoms with E-state index in [0.29, 0.717) is 6.04 Å². The number of nitrogens with one attached hydrogen (secondary N) is 1. The highest BCUT2D eigenvalue weighted by Crippen LogP contribution is 2.29. The van der Waals surface area contributed by atoms with Crippen LogP contribution in [0.5, 0.6) is 0 Å². The van der Waals surface area contributed by atoms with Crippen LogP contribution in [0.15, 0.2) is 6.33 Å². The van der Waals surface area contributed by atoms with Crippen molar-refractivity contribution < 1.29 is 0 Å². The van der Waals surface area contributed by atoms with Crippen molar-refractivity contribution in [3.63, 3.8) is 0 Å². The first-order valence-electron chi connectivity index (χ1n) is 5.91. The van der Waals surface area contributed by atoms with Gasteiger partial charge >= 0.3 is 0 Å². The molecule has 0 atom stereocenters. The van der Waals surface area contributed by atoms with E-state index in [4.69, 9.17) is 0 Å². The molecule has 1 aliphatic rings. The van der Waals surface area contributed by atoms with Gasteiger partial charge in [-0.25, -0.2) is 4.98 Å². The molecule has 0 aliphatic heterocycles. The van der Waals surface area contributed by atoms with Crippen molar-refractivity contribution in [1.29, 1.82) is 0 Å². The Morgan fingerprint density at radius 1 is 1.40 bits per heavy atom. The molecule has 2 rings (SSSR count). The van der Waals surface area contributed by atoms with Gasteiger partial charge in [0.15, 0.2) is 0 Å². The van der Waals surface area contributed by atoms with Gasteiger partial charge in [0.1, 0.15) is 6.33 Å². The molecule has 4 heteroatoms. The van der Waals surface area contributed by atoms with Crippen LogP contribution in [0.2, 0.25) is 0 Å². The molecule has 1 aromatic heterocycles. The van der Waals surface area contributed by atoms with Crippen LogP contribution in [0, 0.1) is 5.92 Å². The van der Waals surface area contributed by atoms with Gasteiger partial charge in [-0.05, 0) is 31.6 Å². The number of hydrogen-bond acceptors (Lipinski definition) is 4. The lowest BCUT2D eigenvalue weighted by molar-refractivity contribution is 0.319. The summed E-state index contributed by atoms with van der Waals surface area (Å²) >= 11 is 1.46. The minimum absolute atomic E-state index is 0.631. The number of rotatable bonds is 4. The summed E-state index contributed by atoms with van der Waals surface area (Å²) in [5.41, 5.74) is 0. The van der Waals surface area contributed by atoms with E-state index in [-0.39, 0.29) is 0 Å². The van der Waals surface area contributed by atoms with Crippen LogP contribution in [-0.2, 0) is 0 Å². The molecule has 1 heterocycles. The van der Waals surface area contributed by atoms with E-state index in [1.165, 1.54) is 50.1 Å². The molecule has 0 unspecified atom stereocenters. The topological polar surface area (TPSA) is 37.8 Å². The van der Waals surface area contributed by atoms with E-state index in [9.17, 15) is 0 Å². The van der Waals surface area contributed by atoms with Crippen LogP contribution in [-0.4, -0.2) is 15.4 Å². The smallest absolute Gasteiger partial charge is 0.202 e. The third-order valence-electron chi connectivity index (χ3n) is 3.23. The van der Waals surface area contributed by atoms with Gasteiger partial charge in [0.2, 0.25) is 5.13 Å². The molecule has 0 bridgehead atoms. The lowest BCUT2D eigenvalue weighted by Gasteiger charge is -2.28. The summed E-state index contributed by atoms with van der Waals surface area (Å²) in [6.07, 6.45) is 9.71. The Hall–Kier alpha value is -0.640. The molecule has 3 nitrogen and oxygen atoms in total. The molecule has 0 aromatic carbocycles. The van der Waals surface area contributed by atoms with Gasteiger partial charge in [-0.3, -0.25) is 0 Å². The number of nitrogens with zero attached hydrogens (tertiary/aromatic N) is 2. The maximum Gasteiger partial charge on any atom is 0.202 e. The fourth-order valence-corrected chi connectivity index (χ4v) is 2.92. The summed E-state index contributed by atoms with van der Waals surface area (Å²) < 4.78 is 4.00. The molecule has 84 valence electrons. The predicted molar refractivity (Wildman–Crippen MR) is 64.2 cm³/mol. The normalized spacial score (nSPS) is 26.5. The lowest BCUT2D eigenvalue weighted by atomic mass is 9.83. The van der Waals surface area contributed by atoms with Gasteiger partial charge in [-0.2, -0.15) is 4.37 Å². The third-order valence-corrected chi connectivity index (χ3v) is 3.83. The fourth-order valence-electron chi connectivity index (χ4n) is 2.42. The first-order chi connectivity index (χ1) is 7.38. The highest BCUT2D eigenvalue weighted by Gasteiger charge is 2.20. The van der Waals surface area contributed by atoms with Gasteiger partial charge in [-0.1, -0.05) is 19.8 Å². The number of anilines is 1. The molecule has 0 spiro atoms. The van der Waals surface area contributed by atoms with Crippen molar-refractivity contribution in [2.75, 3.05) is 5.32 Å². The van der Waals surface area contributed by atoms with Crippen molar-refractivity contribution in [1.82, 2.24) is 9.36 Å². The Labute approximate surface area is 95.5 Å². The zero-order valence-electron chi connectivity index (χ0n) is 9.28. The van der Waals surface area contributed by atoms with Crippen molar-refractivity contribution >= 4 is 16.7 Å². The van der Waals surface area contributed by atoms with Gasteiger partial charge < -0.3 is 5.32 Å². The van der Waals surface area contributed by atoms with Crippen LogP contribution in [0.1, 0.15) is 45.4 Å². The maximum atomic E-state index is 4.16. The molecule has 1 saturated carbocycles. The Kier molecular flexibility index (Phi) is 3.94. The molecule has 0 radical (unpaired) electrons. The molecule has 0 amide bonds. The monoisotopic (exact) mass is 225 g/mol. The zero-order chi connectivity index (χ0) is 10.5. The van der Waals surface area contributed by atoms with E-state index in [1.807, 2.05) is 0 Å². The number of hydrogen-bond donors (Lipinski definition) is 1. The predicted octanol–water partition coefficient (Wildman–Crippen LogP) is 3.31. The molecular weight excluding hydrogens is 206 g/mol. The summed E-state index contributed by atoms with van der Waals surface area (Å²) in [5, 5.41) is 4.45.